The van der Waals surface area contributed by atoms with Crippen LogP contribution in [0.25, 0.3) is 0 Å². The standard InChI is InChI=1S/C19H27N3O3/c1-2-14-5-3-7-16(9-14)25-17-11-22(12-17)19(24)15-6-4-8-21(10-15)13-18(20)23/h3,5,7,9,15,17H,2,4,6,8,10-13H2,1H3,(H2,20,23)/t15-/m1/s1. The smallest absolute Gasteiger partial charge is 0.231 e. The van der Waals surface area contributed by atoms with Crippen molar-refractivity contribution in [1.29, 1.82) is 0 Å². The quantitative estimate of drug-likeness (QED) is 0.836. The van der Waals surface area contributed by atoms with E-state index in [1.54, 1.807) is 0 Å². The van der Waals surface area contributed by atoms with E-state index in [1.165, 1.54) is 5.56 Å². The first kappa shape index (κ1) is 17.7. The fourth-order valence-electron chi connectivity index (χ4n) is 3.60. The Morgan fingerprint density at radius 2 is 2.08 bits per heavy atom. The highest BCUT2D eigenvalue weighted by Gasteiger charge is 2.37. The predicted octanol–water partition coefficient (Wildman–Crippen LogP) is 1.04. The van der Waals surface area contributed by atoms with Gasteiger partial charge in [-0.2, -0.15) is 0 Å². The van der Waals surface area contributed by atoms with Crippen LogP contribution in [-0.2, 0) is 16.0 Å². The molecule has 2 amide bonds. The molecule has 2 fully saturated rings. The number of nitrogens with two attached hydrogens (primary N) is 1. The molecule has 0 aliphatic carbocycles. The van der Waals surface area contributed by atoms with Crippen LogP contribution in [0.1, 0.15) is 25.3 Å². The molecule has 2 aliphatic rings. The topological polar surface area (TPSA) is 75.9 Å². The van der Waals surface area contributed by atoms with Gasteiger partial charge in [0.2, 0.25) is 11.8 Å². The number of likely N-dealkylation sites (tertiary alicyclic amines) is 2. The predicted molar refractivity (Wildman–Crippen MR) is 95.2 cm³/mol. The minimum absolute atomic E-state index is 0.0301. The molecule has 1 atom stereocenters. The van der Waals surface area contributed by atoms with E-state index in [0.29, 0.717) is 19.6 Å². The zero-order valence-corrected chi connectivity index (χ0v) is 14.8. The maximum atomic E-state index is 12.6. The van der Waals surface area contributed by atoms with Gasteiger partial charge < -0.3 is 15.4 Å². The average molecular weight is 345 g/mol. The summed E-state index contributed by atoms with van der Waals surface area (Å²) in [5.74, 6) is 0.690. The zero-order chi connectivity index (χ0) is 17.8. The van der Waals surface area contributed by atoms with E-state index in [4.69, 9.17) is 10.5 Å². The molecule has 3 rings (SSSR count). The third-order valence-electron chi connectivity index (χ3n) is 5.00. The van der Waals surface area contributed by atoms with Gasteiger partial charge in [-0.25, -0.2) is 0 Å². The molecule has 2 aliphatic heterocycles. The molecule has 0 aromatic heterocycles. The SMILES string of the molecule is CCc1cccc(OC2CN(C(=O)[C@@H]3CCCN(CC(N)=O)C3)C2)c1. The van der Waals surface area contributed by atoms with Gasteiger partial charge in [-0.1, -0.05) is 19.1 Å². The molecule has 136 valence electrons. The largest absolute Gasteiger partial charge is 0.487 e. The summed E-state index contributed by atoms with van der Waals surface area (Å²) in [5.41, 5.74) is 6.51. The van der Waals surface area contributed by atoms with Gasteiger partial charge in [0.1, 0.15) is 11.9 Å². The van der Waals surface area contributed by atoms with E-state index >= 15 is 0 Å². The van der Waals surface area contributed by atoms with Crippen molar-refractivity contribution in [2.24, 2.45) is 11.7 Å². The Morgan fingerprint density at radius 3 is 2.80 bits per heavy atom. The van der Waals surface area contributed by atoms with Gasteiger partial charge in [0.05, 0.1) is 25.6 Å². The van der Waals surface area contributed by atoms with Crippen LogP contribution in [0.15, 0.2) is 24.3 Å². The third kappa shape index (κ3) is 4.51. The van der Waals surface area contributed by atoms with Gasteiger partial charge in [-0.3, -0.25) is 14.5 Å². The summed E-state index contributed by atoms with van der Waals surface area (Å²) in [5, 5.41) is 0. The first-order valence-electron chi connectivity index (χ1n) is 9.10. The van der Waals surface area contributed by atoms with Gasteiger partial charge in [0, 0.05) is 6.54 Å². The van der Waals surface area contributed by atoms with E-state index < -0.39 is 0 Å². The monoisotopic (exact) mass is 345 g/mol. The summed E-state index contributed by atoms with van der Waals surface area (Å²) in [4.78, 5) is 27.6. The van der Waals surface area contributed by atoms with Crippen LogP contribution >= 0.6 is 0 Å². The number of carbonyl (C=O) groups is 2. The fraction of sp³-hybridized carbons (Fsp3) is 0.579. The minimum Gasteiger partial charge on any atom is -0.487 e. The highest BCUT2D eigenvalue weighted by atomic mass is 16.5. The van der Waals surface area contributed by atoms with Crippen LogP contribution < -0.4 is 10.5 Å². The number of rotatable bonds is 6. The second kappa shape index (κ2) is 7.87. The molecule has 6 heteroatoms. The molecule has 0 radical (unpaired) electrons. The molecule has 0 unspecified atom stereocenters. The maximum absolute atomic E-state index is 12.6. The van der Waals surface area contributed by atoms with Gasteiger partial charge in [-0.15, -0.1) is 0 Å². The number of hydrogen-bond donors (Lipinski definition) is 1. The van der Waals surface area contributed by atoms with E-state index in [0.717, 1.165) is 31.6 Å². The van der Waals surface area contributed by atoms with Crippen LogP contribution in [0.4, 0.5) is 0 Å². The Labute approximate surface area is 148 Å². The summed E-state index contributed by atoms with van der Waals surface area (Å²) in [6.45, 7) is 5.11. The van der Waals surface area contributed by atoms with Crippen molar-refractivity contribution in [3.8, 4) is 5.75 Å². The molecular weight excluding hydrogens is 318 g/mol. The lowest BCUT2D eigenvalue weighted by atomic mass is 9.95. The fourth-order valence-corrected chi connectivity index (χ4v) is 3.60. The number of aryl methyl sites for hydroxylation is 1. The van der Waals surface area contributed by atoms with Gasteiger partial charge in [-0.05, 0) is 43.5 Å². The molecule has 25 heavy (non-hydrogen) atoms. The number of primary amides is 1. The van der Waals surface area contributed by atoms with Crippen LogP contribution in [0.2, 0.25) is 0 Å². The van der Waals surface area contributed by atoms with Crippen molar-refractivity contribution < 1.29 is 14.3 Å². The van der Waals surface area contributed by atoms with E-state index in [1.807, 2.05) is 21.9 Å². The van der Waals surface area contributed by atoms with Gasteiger partial charge >= 0.3 is 0 Å². The summed E-state index contributed by atoms with van der Waals surface area (Å²) in [7, 11) is 0. The lowest BCUT2D eigenvalue weighted by molar-refractivity contribution is -0.146. The first-order chi connectivity index (χ1) is 12.0. The molecule has 2 saturated heterocycles. The number of nitrogens with zero attached hydrogens (tertiary/aromatic N) is 2. The number of benzene rings is 1. The Bertz CT molecular complexity index is 628. The summed E-state index contributed by atoms with van der Waals surface area (Å²) < 4.78 is 5.97. The maximum Gasteiger partial charge on any atom is 0.231 e. The van der Waals surface area contributed by atoms with Crippen molar-refractivity contribution in [2.45, 2.75) is 32.3 Å². The second-order valence-corrected chi connectivity index (χ2v) is 7.02. The van der Waals surface area contributed by atoms with Gasteiger partial charge in [0.15, 0.2) is 0 Å². The molecule has 0 bridgehead atoms. The average Bonchev–Trinajstić information content (AvgIpc) is 2.57. The van der Waals surface area contributed by atoms with Crippen molar-refractivity contribution in [3.63, 3.8) is 0 Å². The van der Waals surface area contributed by atoms with Gasteiger partial charge in [0.25, 0.3) is 0 Å². The number of piperidine rings is 1. The Morgan fingerprint density at radius 1 is 1.28 bits per heavy atom. The summed E-state index contributed by atoms with van der Waals surface area (Å²) >= 11 is 0. The van der Waals surface area contributed by atoms with Crippen LogP contribution in [0.3, 0.4) is 0 Å². The van der Waals surface area contributed by atoms with E-state index in [9.17, 15) is 9.59 Å². The number of ether oxygens (including phenoxy) is 1. The molecule has 1 aromatic rings. The van der Waals surface area contributed by atoms with E-state index in [-0.39, 0.29) is 30.4 Å². The Balaban J connectivity index is 1.47. The van der Waals surface area contributed by atoms with Crippen LogP contribution in [0, 0.1) is 5.92 Å². The molecule has 6 nitrogen and oxygen atoms in total. The molecule has 2 heterocycles. The summed E-state index contributed by atoms with van der Waals surface area (Å²) in [6, 6.07) is 8.12. The first-order valence-corrected chi connectivity index (χ1v) is 9.10. The van der Waals surface area contributed by atoms with Crippen molar-refractivity contribution in [1.82, 2.24) is 9.80 Å². The molecule has 0 spiro atoms. The second-order valence-electron chi connectivity index (χ2n) is 7.02. The highest BCUT2D eigenvalue weighted by molar-refractivity contribution is 5.80. The Kier molecular flexibility index (Phi) is 5.58. The van der Waals surface area contributed by atoms with E-state index in [2.05, 4.69) is 19.1 Å². The van der Waals surface area contributed by atoms with Crippen molar-refractivity contribution in [2.75, 3.05) is 32.7 Å². The number of carbonyl (C=O) groups excluding carboxylic acids is 2. The zero-order valence-electron chi connectivity index (χ0n) is 14.8. The lowest BCUT2D eigenvalue weighted by Gasteiger charge is -2.42. The molecular formula is C19H27N3O3. The molecule has 1 aromatic carbocycles. The number of hydrogen-bond acceptors (Lipinski definition) is 4. The minimum atomic E-state index is -0.333. The highest BCUT2D eigenvalue weighted by Crippen LogP contribution is 2.24. The molecule has 0 saturated carbocycles. The summed E-state index contributed by atoms with van der Waals surface area (Å²) in [6.07, 6.45) is 2.87. The van der Waals surface area contributed by atoms with Crippen molar-refractivity contribution >= 4 is 11.8 Å². The molecule has 2 N–H and O–H groups in total. The normalized spacial score (nSPS) is 21.6. The lowest BCUT2D eigenvalue weighted by Crippen LogP contribution is -2.59. The number of amides is 2. The van der Waals surface area contributed by atoms with Crippen LogP contribution in [-0.4, -0.2) is 60.4 Å². The third-order valence-corrected chi connectivity index (χ3v) is 5.00. The Hall–Kier alpha value is -2.08. The van der Waals surface area contributed by atoms with Crippen LogP contribution in [0.5, 0.6) is 5.75 Å². The van der Waals surface area contributed by atoms with Crippen molar-refractivity contribution in [3.05, 3.63) is 29.8 Å².